The Bertz CT molecular complexity index is 977. The summed E-state index contributed by atoms with van der Waals surface area (Å²) >= 11 is 1.41. The molecule has 0 N–H and O–H groups in total. The molecular formula is C20H20FN3O2S. The van der Waals surface area contributed by atoms with Gasteiger partial charge in [0.25, 0.3) is 0 Å². The van der Waals surface area contributed by atoms with Crippen LogP contribution in [0.1, 0.15) is 5.56 Å². The van der Waals surface area contributed by atoms with Crippen LogP contribution in [0.4, 0.5) is 4.39 Å². The Morgan fingerprint density at radius 1 is 1.11 bits per heavy atom. The van der Waals surface area contributed by atoms with Crippen molar-refractivity contribution in [3.63, 3.8) is 0 Å². The molecular weight excluding hydrogens is 365 g/mol. The molecule has 0 saturated heterocycles. The minimum Gasteiger partial charge on any atom is -0.497 e. The zero-order valence-electron chi connectivity index (χ0n) is 15.1. The molecule has 7 heteroatoms. The van der Waals surface area contributed by atoms with Crippen molar-refractivity contribution in [3.8, 4) is 17.0 Å². The van der Waals surface area contributed by atoms with Crippen molar-refractivity contribution in [1.29, 1.82) is 0 Å². The van der Waals surface area contributed by atoms with Gasteiger partial charge in [-0.25, -0.2) is 9.07 Å². The van der Waals surface area contributed by atoms with Crippen molar-refractivity contribution >= 4 is 17.6 Å². The van der Waals surface area contributed by atoms with Crippen molar-refractivity contribution in [3.05, 3.63) is 70.1 Å². The van der Waals surface area contributed by atoms with Crippen LogP contribution in [-0.2, 0) is 4.74 Å². The Morgan fingerprint density at radius 2 is 1.89 bits per heavy atom. The molecule has 2 aromatic carbocycles. The molecule has 1 heterocycles. The zero-order valence-corrected chi connectivity index (χ0v) is 15.9. The second-order valence-corrected chi connectivity index (χ2v) is 6.42. The molecule has 0 fully saturated rings. The van der Waals surface area contributed by atoms with Gasteiger partial charge >= 0.3 is 0 Å². The molecule has 0 unspecified atom stereocenters. The predicted octanol–water partition coefficient (Wildman–Crippen LogP) is 3.79. The Balaban J connectivity index is 2.01. The summed E-state index contributed by atoms with van der Waals surface area (Å²) in [5.74, 6) is 0.477. The summed E-state index contributed by atoms with van der Waals surface area (Å²) in [6.07, 6.45) is 1.71. The van der Waals surface area contributed by atoms with Crippen molar-refractivity contribution in [2.75, 3.05) is 27.4 Å². The molecule has 0 aliphatic carbocycles. The standard InChI is InChI=1S/C20H20FN3O2S/c1-25-12-11-22-20-24(23-13-15-7-9-16(26-2)10-8-15)19(14-27-20)17-5-3-4-6-18(17)21/h3-10,13-14H,11-12H2,1-2H3/b22-20?,23-13-. The third-order valence-corrected chi connectivity index (χ3v) is 4.67. The quantitative estimate of drug-likeness (QED) is 0.459. The molecule has 5 nitrogen and oxygen atoms in total. The Hall–Kier alpha value is -2.77. The van der Waals surface area contributed by atoms with E-state index in [9.17, 15) is 4.39 Å². The predicted molar refractivity (Wildman–Crippen MR) is 106 cm³/mol. The molecule has 0 amide bonds. The van der Waals surface area contributed by atoms with E-state index in [0.717, 1.165) is 11.3 Å². The monoisotopic (exact) mass is 385 g/mol. The van der Waals surface area contributed by atoms with Gasteiger partial charge in [-0.15, -0.1) is 11.3 Å². The first kappa shape index (κ1) is 19.0. The molecule has 0 saturated carbocycles. The van der Waals surface area contributed by atoms with Crippen LogP contribution in [0.15, 0.2) is 64.0 Å². The molecule has 27 heavy (non-hydrogen) atoms. The zero-order chi connectivity index (χ0) is 19.1. The summed E-state index contributed by atoms with van der Waals surface area (Å²) in [5, 5.41) is 6.40. The van der Waals surface area contributed by atoms with Gasteiger partial charge in [0.15, 0.2) is 0 Å². The molecule has 0 aliphatic heterocycles. The lowest BCUT2D eigenvalue weighted by molar-refractivity contribution is 0.207. The summed E-state index contributed by atoms with van der Waals surface area (Å²) in [5.41, 5.74) is 2.03. The first-order valence-electron chi connectivity index (χ1n) is 8.36. The molecule has 3 rings (SSSR count). The topological polar surface area (TPSA) is 48.1 Å². The third kappa shape index (κ3) is 4.69. The number of benzene rings is 2. The summed E-state index contributed by atoms with van der Waals surface area (Å²) in [4.78, 5) is 5.19. The molecule has 0 radical (unpaired) electrons. The largest absolute Gasteiger partial charge is 0.497 e. The number of hydrogen-bond acceptors (Lipinski definition) is 5. The number of thiazole rings is 1. The number of hydrogen-bond donors (Lipinski definition) is 0. The highest BCUT2D eigenvalue weighted by Crippen LogP contribution is 2.23. The molecule has 0 aliphatic rings. The average Bonchev–Trinajstić information content (AvgIpc) is 3.10. The fourth-order valence-electron chi connectivity index (χ4n) is 2.42. The van der Waals surface area contributed by atoms with Crippen LogP contribution < -0.4 is 9.54 Å². The van der Waals surface area contributed by atoms with Crippen LogP contribution in [0.3, 0.4) is 0 Å². The number of rotatable bonds is 7. The van der Waals surface area contributed by atoms with Gasteiger partial charge in [0.05, 0.1) is 32.2 Å². The number of nitrogens with zero attached hydrogens (tertiary/aromatic N) is 3. The Kier molecular flexibility index (Phi) is 6.51. The maximum absolute atomic E-state index is 14.3. The van der Waals surface area contributed by atoms with Gasteiger partial charge in [0, 0.05) is 18.1 Å². The van der Waals surface area contributed by atoms with Gasteiger partial charge in [0.1, 0.15) is 11.6 Å². The number of methoxy groups -OCH3 is 2. The highest BCUT2D eigenvalue weighted by molar-refractivity contribution is 7.07. The van der Waals surface area contributed by atoms with E-state index in [1.165, 1.54) is 17.4 Å². The van der Waals surface area contributed by atoms with Gasteiger partial charge in [-0.1, -0.05) is 12.1 Å². The fraction of sp³-hybridized carbons (Fsp3) is 0.200. The van der Waals surface area contributed by atoms with E-state index >= 15 is 0 Å². The van der Waals surface area contributed by atoms with Crippen molar-refractivity contribution < 1.29 is 13.9 Å². The Labute approximate surface area is 161 Å². The van der Waals surface area contributed by atoms with E-state index in [1.54, 1.807) is 43.3 Å². The van der Waals surface area contributed by atoms with Crippen LogP contribution in [0, 0.1) is 5.82 Å². The van der Waals surface area contributed by atoms with Gasteiger partial charge < -0.3 is 9.47 Å². The Morgan fingerprint density at radius 3 is 2.59 bits per heavy atom. The van der Waals surface area contributed by atoms with Crippen LogP contribution in [0.5, 0.6) is 5.75 Å². The molecule has 0 spiro atoms. The lowest BCUT2D eigenvalue weighted by Crippen LogP contribution is -2.14. The number of aromatic nitrogens is 1. The van der Waals surface area contributed by atoms with Crippen molar-refractivity contribution in [2.45, 2.75) is 0 Å². The SMILES string of the molecule is COCCN=c1scc(-c2ccccc2F)n1/N=C\c1ccc(OC)cc1. The minimum atomic E-state index is -0.299. The summed E-state index contributed by atoms with van der Waals surface area (Å²) in [7, 11) is 3.25. The summed E-state index contributed by atoms with van der Waals surface area (Å²) in [6, 6.07) is 14.2. The first-order chi connectivity index (χ1) is 13.2. The fourth-order valence-corrected chi connectivity index (χ4v) is 3.28. The van der Waals surface area contributed by atoms with Gasteiger partial charge in [-0.05, 0) is 42.0 Å². The molecule has 140 valence electrons. The highest BCUT2D eigenvalue weighted by Gasteiger charge is 2.11. The van der Waals surface area contributed by atoms with Crippen LogP contribution in [0.2, 0.25) is 0 Å². The molecule has 3 aromatic rings. The third-order valence-electron chi connectivity index (χ3n) is 3.82. The van der Waals surface area contributed by atoms with Crippen molar-refractivity contribution in [1.82, 2.24) is 4.68 Å². The summed E-state index contributed by atoms with van der Waals surface area (Å²) < 4.78 is 26.2. The van der Waals surface area contributed by atoms with Gasteiger partial charge in [-0.3, -0.25) is 4.99 Å². The van der Waals surface area contributed by atoms with Crippen molar-refractivity contribution in [2.24, 2.45) is 10.1 Å². The minimum absolute atomic E-state index is 0.299. The second kappa shape index (κ2) is 9.25. The number of halogens is 1. The van der Waals surface area contributed by atoms with Gasteiger partial charge in [-0.2, -0.15) is 5.10 Å². The summed E-state index contributed by atoms with van der Waals surface area (Å²) in [6.45, 7) is 1.01. The first-order valence-corrected chi connectivity index (χ1v) is 9.24. The highest BCUT2D eigenvalue weighted by atomic mass is 32.1. The molecule has 0 bridgehead atoms. The maximum Gasteiger partial charge on any atom is 0.206 e. The van der Waals surface area contributed by atoms with E-state index in [0.29, 0.717) is 29.2 Å². The average molecular weight is 385 g/mol. The van der Waals surface area contributed by atoms with E-state index in [-0.39, 0.29) is 5.82 Å². The number of ether oxygens (including phenoxy) is 2. The van der Waals surface area contributed by atoms with E-state index in [4.69, 9.17) is 9.47 Å². The van der Waals surface area contributed by atoms with Crippen LogP contribution in [-0.4, -0.2) is 38.3 Å². The normalized spacial score (nSPS) is 12.0. The van der Waals surface area contributed by atoms with Crippen LogP contribution >= 0.6 is 11.3 Å². The second-order valence-electron chi connectivity index (χ2n) is 5.59. The van der Waals surface area contributed by atoms with Gasteiger partial charge in [0.2, 0.25) is 4.80 Å². The lowest BCUT2D eigenvalue weighted by atomic mass is 10.1. The maximum atomic E-state index is 14.3. The smallest absolute Gasteiger partial charge is 0.206 e. The molecule has 1 aromatic heterocycles. The van der Waals surface area contributed by atoms with E-state index in [2.05, 4.69) is 10.1 Å². The molecule has 0 atom stereocenters. The van der Waals surface area contributed by atoms with E-state index in [1.807, 2.05) is 29.6 Å². The lowest BCUT2D eigenvalue weighted by Gasteiger charge is -2.05. The van der Waals surface area contributed by atoms with E-state index < -0.39 is 0 Å². The van der Waals surface area contributed by atoms with Crippen LogP contribution in [0.25, 0.3) is 11.3 Å².